The number of rotatable bonds is 8. The van der Waals surface area contributed by atoms with Gasteiger partial charge in [0.15, 0.2) is 0 Å². The fourth-order valence-electron chi connectivity index (χ4n) is 2.50. The second-order valence-electron chi connectivity index (χ2n) is 5.80. The van der Waals surface area contributed by atoms with Crippen molar-refractivity contribution in [1.29, 1.82) is 0 Å². The van der Waals surface area contributed by atoms with Crippen LogP contribution in [0.5, 0.6) is 0 Å². The first kappa shape index (κ1) is 21.2. The van der Waals surface area contributed by atoms with E-state index in [1.807, 2.05) is 0 Å². The number of amides is 1. The largest absolute Gasteiger partial charge is 0.462 e. The Morgan fingerprint density at radius 3 is 2.43 bits per heavy atom. The van der Waals surface area contributed by atoms with Crippen molar-refractivity contribution in [2.75, 3.05) is 22.8 Å². The van der Waals surface area contributed by atoms with Gasteiger partial charge in [0, 0.05) is 12.6 Å². The molecule has 0 aromatic heterocycles. The fourth-order valence-corrected chi connectivity index (χ4v) is 3.93. The molecule has 0 aliphatic rings. The van der Waals surface area contributed by atoms with E-state index in [1.165, 1.54) is 43.3 Å². The maximum Gasteiger partial charge on any atom is 0.338 e. The van der Waals surface area contributed by atoms with E-state index >= 15 is 0 Å². The summed E-state index contributed by atoms with van der Waals surface area (Å²) in [5.74, 6) is -0.778. The number of carbonyl (C=O) groups excluding carboxylic acids is 2. The molecule has 148 valence electrons. The zero-order chi connectivity index (χ0) is 20.7. The normalized spacial score (nSPS) is 10.8. The molecule has 0 saturated carbocycles. The smallest absolute Gasteiger partial charge is 0.338 e. The van der Waals surface area contributed by atoms with E-state index in [-0.39, 0.29) is 29.5 Å². The summed E-state index contributed by atoms with van der Waals surface area (Å²) in [5, 5.41) is 2.59. The van der Waals surface area contributed by atoms with Crippen molar-refractivity contribution < 1.29 is 22.7 Å². The van der Waals surface area contributed by atoms with Gasteiger partial charge >= 0.3 is 5.97 Å². The topological polar surface area (TPSA) is 92.8 Å². The second-order valence-corrected chi connectivity index (χ2v) is 7.66. The lowest BCUT2D eigenvalue weighted by Crippen LogP contribution is -2.31. The van der Waals surface area contributed by atoms with Crippen molar-refractivity contribution in [1.82, 2.24) is 0 Å². The first-order chi connectivity index (χ1) is 13.3. The van der Waals surface area contributed by atoms with Gasteiger partial charge in [0.25, 0.3) is 10.0 Å². The monoisotopic (exact) mass is 402 g/mol. The standard InChI is InChI=1S/C20H22N2O5S/c1-4-13-22(18-8-6-7-16(14-18)20(24)27-5-2)28(25,26)19-11-9-17(10-12-19)21-15(3)23/h4,6-12,14H,1,5,13H2,2-3H3,(H,21,23). The van der Waals surface area contributed by atoms with Crippen LogP contribution in [0.2, 0.25) is 0 Å². The third kappa shape index (κ3) is 4.98. The first-order valence-corrected chi connectivity index (χ1v) is 10.0. The molecule has 2 rings (SSSR count). The van der Waals surface area contributed by atoms with Gasteiger partial charge in [0.2, 0.25) is 5.91 Å². The summed E-state index contributed by atoms with van der Waals surface area (Å²) in [6.07, 6.45) is 1.46. The molecular formula is C20H22N2O5S. The van der Waals surface area contributed by atoms with Gasteiger partial charge in [-0.25, -0.2) is 13.2 Å². The maximum absolute atomic E-state index is 13.1. The van der Waals surface area contributed by atoms with Crippen LogP contribution in [0.15, 0.2) is 66.1 Å². The Morgan fingerprint density at radius 2 is 1.86 bits per heavy atom. The number of ether oxygens (including phenoxy) is 1. The molecule has 8 heteroatoms. The summed E-state index contributed by atoms with van der Waals surface area (Å²) in [4.78, 5) is 23.1. The molecule has 7 nitrogen and oxygen atoms in total. The minimum absolute atomic E-state index is 0.0159. The van der Waals surface area contributed by atoms with E-state index in [0.717, 1.165) is 4.31 Å². The lowest BCUT2D eigenvalue weighted by atomic mass is 10.2. The number of hydrogen-bond acceptors (Lipinski definition) is 5. The quantitative estimate of drug-likeness (QED) is 0.541. The first-order valence-electron chi connectivity index (χ1n) is 8.58. The summed E-state index contributed by atoms with van der Waals surface area (Å²) in [7, 11) is -3.92. The highest BCUT2D eigenvalue weighted by Crippen LogP contribution is 2.26. The van der Waals surface area contributed by atoms with Gasteiger partial charge in [-0.15, -0.1) is 6.58 Å². The Balaban J connectivity index is 2.42. The van der Waals surface area contributed by atoms with Gasteiger partial charge in [-0.2, -0.15) is 0 Å². The molecule has 28 heavy (non-hydrogen) atoms. The zero-order valence-electron chi connectivity index (χ0n) is 15.7. The number of carbonyl (C=O) groups is 2. The number of anilines is 2. The van der Waals surface area contributed by atoms with Crippen molar-refractivity contribution in [3.8, 4) is 0 Å². The van der Waals surface area contributed by atoms with Crippen LogP contribution in [0, 0.1) is 0 Å². The minimum atomic E-state index is -3.92. The Morgan fingerprint density at radius 1 is 1.18 bits per heavy atom. The Bertz CT molecular complexity index is 968. The summed E-state index contributed by atoms with van der Waals surface area (Å²) >= 11 is 0. The van der Waals surface area contributed by atoms with Gasteiger partial charge in [-0.1, -0.05) is 12.1 Å². The van der Waals surface area contributed by atoms with Crippen LogP contribution in [-0.4, -0.2) is 33.4 Å². The SMILES string of the molecule is C=CCN(c1cccc(C(=O)OCC)c1)S(=O)(=O)c1ccc(NC(C)=O)cc1. The van der Waals surface area contributed by atoms with Crippen LogP contribution >= 0.6 is 0 Å². The third-order valence-corrected chi connectivity index (χ3v) is 5.51. The van der Waals surface area contributed by atoms with Crippen LogP contribution in [0.3, 0.4) is 0 Å². The molecular weight excluding hydrogens is 380 g/mol. The second kappa shape index (κ2) is 9.18. The molecule has 0 aliphatic heterocycles. The molecule has 0 heterocycles. The van der Waals surface area contributed by atoms with Crippen molar-refractivity contribution in [3.63, 3.8) is 0 Å². The van der Waals surface area contributed by atoms with Crippen molar-refractivity contribution in [3.05, 3.63) is 66.7 Å². The summed E-state index contributed by atoms with van der Waals surface area (Å²) < 4.78 is 32.4. The molecule has 2 aromatic rings. The van der Waals surface area contributed by atoms with E-state index in [0.29, 0.717) is 11.4 Å². The Labute approximate surface area is 164 Å². The number of hydrogen-bond donors (Lipinski definition) is 1. The van der Waals surface area contributed by atoms with Crippen LogP contribution in [0.1, 0.15) is 24.2 Å². The number of sulfonamides is 1. The highest BCUT2D eigenvalue weighted by molar-refractivity contribution is 7.92. The minimum Gasteiger partial charge on any atom is -0.462 e. The molecule has 0 radical (unpaired) electrons. The van der Waals surface area contributed by atoms with Gasteiger partial charge in [0.1, 0.15) is 0 Å². The molecule has 0 spiro atoms. The number of nitrogens with one attached hydrogen (secondary N) is 1. The predicted molar refractivity (Wildman–Crippen MR) is 108 cm³/mol. The number of nitrogens with zero attached hydrogens (tertiary/aromatic N) is 1. The lowest BCUT2D eigenvalue weighted by molar-refractivity contribution is -0.114. The van der Waals surface area contributed by atoms with Crippen molar-refractivity contribution in [2.24, 2.45) is 0 Å². The molecule has 1 N–H and O–H groups in total. The average molecular weight is 402 g/mol. The van der Waals surface area contributed by atoms with E-state index in [9.17, 15) is 18.0 Å². The van der Waals surface area contributed by atoms with Crippen molar-refractivity contribution in [2.45, 2.75) is 18.7 Å². The summed E-state index contributed by atoms with van der Waals surface area (Å²) in [5.41, 5.74) is 1.06. The van der Waals surface area contributed by atoms with Gasteiger partial charge < -0.3 is 10.1 Å². The molecule has 0 atom stereocenters. The van der Waals surface area contributed by atoms with E-state index in [2.05, 4.69) is 11.9 Å². The van der Waals surface area contributed by atoms with Crippen LogP contribution in [0.4, 0.5) is 11.4 Å². The highest BCUT2D eigenvalue weighted by atomic mass is 32.2. The number of benzene rings is 2. The maximum atomic E-state index is 13.1. The Hall–Kier alpha value is -3.13. The summed E-state index contributed by atoms with van der Waals surface area (Å²) in [6.45, 7) is 6.92. The molecule has 0 fully saturated rings. The van der Waals surface area contributed by atoms with Crippen LogP contribution in [-0.2, 0) is 19.6 Å². The third-order valence-electron chi connectivity index (χ3n) is 3.70. The molecule has 0 aliphatic carbocycles. The molecule has 0 unspecified atom stereocenters. The summed E-state index contributed by atoms with van der Waals surface area (Å²) in [6, 6.07) is 12.0. The fraction of sp³-hybridized carbons (Fsp3) is 0.200. The van der Waals surface area contributed by atoms with Crippen LogP contribution in [0.25, 0.3) is 0 Å². The lowest BCUT2D eigenvalue weighted by Gasteiger charge is -2.23. The Kier molecular flexibility index (Phi) is 6.94. The van der Waals surface area contributed by atoms with E-state index < -0.39 is 16.0 Å². The molecule has 0 bridgehead atoms. The van der Waals surface area contributed by atoms with Gasteiger partial charge in [-0.3, -0.25) is 9.10 Å². The van der Waals surface area contributed by atoms with Gasteiger partial charge in [0.05, 0.1) is 29.3 Å². The zero-order valence-corrected chi connectivity index (χ0v) is 16.5. The predicted octanol–water partition coefficient (Wildman–Crippen LogP) is 3.20. The van der Waals surface area contributed by atoms with Crippen molar-refractivity contribution >= 4 is 33.3 Å². The van der Waals surface area contributed by atoms with E-state index in [1.54, 1.807) is 25.1 Å². The van der Waals surface area contributed by atoms with E-state index in [4.69, 9.17) is 4.74 Å². The number of esters is 1. The van der Waals surface area contributed by atoms with Gasteiger partial charge in [-0.05, 0) is 49.4 Å². The molecule has 0 saturated heterocycles. The molecule has 2 aromatic carbocycles. The highest BCUT2D eigenvalue weighted by Gasteiger charge is 2.25. The molecule has 1 amide bonds. The van der Waals surface area contributed by atoms with Crippen LogP contribution < -0.4 is 9.62 Å². The average Bonchev–Trinajstić information content (AvgIpc) is 2.66.